The molecule has 26 heavy (non-hydrogen) atoms. The van der Waals surface area contributed by atoms with Crippen LogP contribution in [0.25, 0.3) is 0 Å². The van der Waals surface area contributed by atoms with Crippen LogP contribution in [0.15, 0.2) is 36.4 Å². The highest BCUT2D eigenvalue weighted by Crippen LogP contribution is 2.28. The molecule has 4 nitrogen and oxygen atoms in total. The third kappa shape index (κ3) is 4.22. The molecule has 2 heterocycles. The van der Waals surface area contributed by atoms with Crippen LogP contribution in [0.2, 0.25) is 0 Å². The molecule has 1 fully saturated rings. The van der Waals surface area contributed by atoms with Gasteiger partial charge in [0.25, 0.3) is 5.91 Å². The van der Waals surface area contributed by atoms with Gasteiger partial charge in [-0.2, -0.15) is 13.2 Å². The Balaban J connectivity index is 1.78. The van der Waals surface area contributed by atoms with E-state index in [2.05, 4.69) is 15.2 Å². The molecule has 0 aliphatic carbocycles. The highest BCUT2D eigenvalue weighted by atomic mass is 19.4. The van der Waals surface area contributed by atoms with Gasteiger partial charge < -0.3 is 5.32 Å². The van der Waals surface area contributed by atoms with Gasteiger partial charge in [0, 0.05) is 12.2 Å². The number of aromatic nitrogens is 1. The van der Waals surface area contributed by atoms with Gasteiger partial charge >= 0.3 is 6.18 Å². The fraction of sp³-hybridized carbons (Fsp3) is 0.368. The molecule has 7 heteroatoms. The minimum Gasteiger partial charge on any atom is -0.322 e. The molecule has 1 saturated heterocycles. The maximum Gasteiger partial charge on any atom is 0.433 e. The predicted molar refractivity (Wildman–Crippen MR) is 92.9 cm³/mol. The molecule has 1 aliphatic heterocycles. The average Bonchev–Trinajstić information content (AvgIpc) is 3.08. The Morgan fingerprint density at radius 2 is 1.85 bits per heavy atom. The number of halogens is 3. The van der Waals surface area contributed by atoms with Crippen molar-refractivity contribution < 1.29 is 18.0 Å². The van der Waals surface area contributed by atoms with E-state index in [0.717, 1.165) is 31.3 Å². The maximum atomic E-state index is 12.7. The number of pyridine rings is 1. The van der Waals surface area contributed by atoms with Crippen LogP contribution in [0.3, 0.4) is 0 Å². The van der Waals surface area contributed by atoms with Crippen molar-refractivity contribution in [2.75, 3.05) is 18.4 Å². The van der Waals surface area contributed by atoms with Gasteiger partial charge in [0.1, 0.15) is 5.69 Å². The number of hydrogen-bond donors (Lipinski definition) is 1. The van der Waals surface area contributed by atoms with Gasteiger partial charge in [-0.15, -0.1) is 0 Å². The molecule has 3 rings (SSSR count). The van der Waals surface area contributed by atoms with Crippen LogP contribution in [-0.2, 0) is 12.7 Å². The first kappa shape index (κ1) is 18.4. The van der Waals surface area contributed by atoms with Gasteiger partial charge in [0.15, 0.2) is 0 Å². The van der Waals surface area contributed by atoms with Crippen molar-refractivity contribution in [3.63, 3.8) is 0 Å². The van der Waals surface area contributed by atoms with Crippen LogP contribution in [-0.4, -0.2) is 28.9 Å². The van der Waals surface area contributed by atoms with Crippen LogP contribution >= 0.6 is 0 Å². The first-order chi connectivity index (χ1) is 12.3. The Hall–Kier alpha value is -2.41. The van der Waals surface area contributed by atoms with Crippen LogP contribution < -0.4 is 5.32 Å². The number of nitrogens with one attached hydrogen (secondary N) is 1. The van der Waals surface area contributed by atoms with E-state index in [1.807, 2.05) is 18.2 Å². The Bertz CT molecular complexity index is 799. The molecule has 1 aliphatic rings. The van der Waals surface area contributed by atoms with Crippen molar-refractivity contribution >= 4 is 11.6 Å². The number of aryl methyl sites for hydroxylation is 1. The molecular formula is C19H20F3N3O. The van der Waals surface area contributed by atoms with E-state index < -0.39 is 17.8 Å². The van der Waals surface area contributed by atoms with Crippen molar-refractivity contribution in [2.24, 2.45) is 0 Å². The van der Waals surface area contributed by atoms with Gasteiger partial charge in [0.2, 0.25) is 0 Å². The molecule has 0 radical (unpaired) electrons. The lowest BCUT2D eigenvalue weighted by atomic mass is 10.1. The summed E-state index contributed by atoms with van der Waals surface area (Å²) in [6.07, 6.45) is -2.18. The van der Waals surface area contributed by atoms with Crippen LogP contribution in [0.4, 0.5) is 18.9 Å². The highest BCUT2D eigenvalue weighted by molar-refractivity contribution is 6.05. The smallest absolute Gasteiger partial charge is 0.322 e. The fourth-order valence-corrected chi connectivity index (χ4v) is 3.11. The normalized spacial score (nSPS) is 15.2. The second kappa shape index (κ2) is 7.45. The number of anilines is 1. The van der Waals surface area contributed by atoms with Gasteiger partial charge in [-0.3, -0.25) is 9.69 Å². The maximum absolute atomic E-state index is 12.7. The summed E-state index contributed by atoms with van der Waals surface area (Å²) < 4.78 is 38.2. The average molecular weight is 363 g/mol. The van der Waals surface area contributed by atoms with Crippen molar-refractivity contribution in [2.45, 2.75) is 32.5 Å². The zero-order valence-electron chi connectivity index (χ0n) is 14.4. The van der Waals surface area contributed by atoms with Crippen LogP contribution in [0.1, 0.15) is 40.2 Å². The third-order valence-corrected chi connectivity index (χ3v) is 4.48. The summed E-state index contributed by atoms with van der Waals surface area (Å²) in [6, 6.07) is 9.48. The topological polar surface area (TPSA) is 45.2 Å². The SMILES string of the molecule is Cc1nc(C(F)(F)F)ccc1C(=O)Nc1ccccc1CN1CCCC1. The lowest BCUT2D eigenvalue weighted by Crippen LogP contribution is -2.21. The Morgan fingerprint density at radius 1 is 1.15 bits per heavy atom. The summed E-state index contributed by atoms with van der Waals surface area (Å²) in [5.41, 5.74) is 0.841. The Morgan fingerprint density at radius 3 is 2.50 bits per heavy atom. The van der Waals surface area contributed by atoms with E-state index in [9.17, 15) is 18.0 Å². The van der Waals surface area contributed by atoms with E-state index >= 15 is 0 Å². The molecule has 0 bridgehead atoms. The zero-order chi connectivity index (χ0) is 18.7. The first-order valence-electron chi connectivity index (χ1n) is 8.51. The predicted octanol–water partition coefficient (Wildman–Crippen LogP) is 4.26. The van der Waals surface area contributed by atoms with Crippen molar-refractivity contribution in [3.05, 3.63) is 58.9 Å². The summed E-state index contributed by atoms with van der Waals surface area (Å²) >= 11 is 0. The Labute approximate surface area is 150 Å². The van der Waals surface area contributed by atoms with E-state index in [0.29, 0.717) is 5.69 Å². The number of carbonyl (C=O) groups is 1. The first-order valence-corrected chi connectivity index (χ1v) is 8.51. The number of alkyl halides is 3. The van der Waals surface area contributed by atoms with Crippen LogP contribution in [0.5, 0.6) is 0 Å². The zero-order valence-corrected chi connectivity index (χ0v) is 14.4. The fourth-order valence-electron chi connectivity index (χ4n) is 3.11. The summed E-state index contributed by atoms with van der Waals surface area (Å²) in [5, 5.41) is 2.81. The quantitative estimate of drug-likeness (QED) is 0.883. The second-order valence-electron chi connectivity index (χ2n) is 6.42. The molecular weight excluding hydrogens is 343 g/mol. The van der Waals surface area contributed by atoms with Gasteiger partial charge in [-0.05, 0) is 56.6 Å². The number of carbonyl (C=O) groups excluding carboxylic acids is 1. The standard InChI is InChI=1S/C19H20F3N3O/c1-13-15(8-9-17(23-13)19(20,21)22)18(26)24-16-7-3-2-6-14(16)12-25-10-4-5-11-25/h2-3,6-9H,4-5,10-12H2,1H3,(H,24,26). The molecule has 1 aromatic carbocycles. The lowest BCUT2D eigenvalue weighted by molar-refractivity contribution is -0.141. The molecule has 0 spiro atoms. The van der Waals surface area contributed by atoms with Crippen molar-refractivity contribution in [3.8, 4) is 0 Å². The second-order valence-corrected chi connectivity index (χ2v) is 6.42. The number of benzene rings is 1. The van der Waals surface area contributed by atoms with E-state index in [1.54, 1.807) is 6.07 Å². The molecule has 0 saturated carbocycles. The largest absolute Gasteiger partial charge is 0.433 e. The van der Waals surface area contributed by atoms with Gasteiger partial charge in [-0.1, -0.05) is 18.2 Å². The molecule has 1 amide bonds. The van der Waals surface area contributed by atoms with E-state index in [4.69, 9.17) is 0 Å². The summed E-state index contributed by atoms with van der Waals surface area (Å²) in [5.74, 6) is -0.461. The summed E-state index contributed by atoms with van der Waals surface area (Å²) in [7, 11) is 0. The van der Waals surface area contributed by atoms with Gasteiger partial charge in [0.05, 0.1) is 11.3 Å². The van der Waals surface area contributed by atoms with E-state index in [1.165, 1.54) is 25.8 Å². The minimum absolute atomic E-state index is 0.0503. The van der Waals surface area contributed by atoms with Crippen molar-refractivity contribution in [1.29, 1.82) is 0 Å². The number of amides is 1. The van der Waals surface area contributed by atoms with Crippen molar-refractivity contribution in [1.82, 2.24) is 9.88 Å². The number of hydrogen-bond acceptors (Lipinski definition) is 3. The lowest BCUT2D eigenvalue weighted by Gasteiger charge is -2.18. The molecule has 0 unspecified atom stereocenters. The number of nitrogens with zero attached hydrogens (tertiary/aromatic N) is 2. The molecule has 2 aromatic rings. The summed E-state index contributed by atoms with van der Waals surface area (Å²) in [6.45, 7) is 4.20. The molecule has 1 N–H and O–H groups in total. The summed E-state index contributed by atoms with van der Waals surface area (Å²) in [4.78, 5) is 18.4. The highest BCUT2D eigenvalue weighted by Gasteiger charge is 2.33. The number of likely N-dealkylation sites (tertiary alicyclic amines) is 1. The molecule has 0 atom stereocenters. The molecule has 1 aromatic heterocycles. The number of para-hydroxylation sites is 1. The monoisotopic (exact) mass is 363 g/mol. The molecule has 138 valence electrons. The van der Waals surface area contributed by atoms with E-state index in [-0.39, 0.29) is 11.3 Å². The van der Waals surface area contributed by atoms with Gasteiger partial charge in [-0.25, -0.2) is 4.98 Å². The minimum atomic E-state index is -4.53. The third-order valence-electron chi connectivity index (χ3n) is 4.48. The van der Waals surface area contributed by atoms with Crippen LogP contribution in [0, 0.1) is 6.92 Å². The number of rotatable bonds is 4. The Kier molecular flexibility index (Phi) is 5.27.